The predicted octanol–water partition coefficient (Wildman–Crippen LogP) is 3.57. The van der Waals surface area contributed by atoms with Gasteiger partial charge in [-0.05, 0) is 48.7 Å². The molecule has 0 bridgehead atoms. The number of aliphatic hydroxyl groups is 1. The minimum absolute atomic E-state index is 0.00789. The molecule has 10 nitrogen and oxygen atoms in total. The molecule has 0 aliphatic rings. The minimum Gasteiger partial charge on any atom is -0.463 e. The van der Waals surface area contributed by atoms with E-state index in [2.05, 4.69) is 15.2 Å². The van der Waals surface area contributed by atoms with Crippen LogP contribution in [-0.2, 0) is 24.2 Å². The van der Waals surface area contributed by atoms with Crippen molar-refractivity contribution in [3.05, 3.63) is 80.7 Å². The van der Waals surface area contributed by atoms with Crippen molar-refractivity contribution in [2.24, 2.45) is 0 Å². The SMILES string of the molecule is CCc1cccc(C)c1-n1nc(Cn2nc(-c3ccc(Cl)cc3)n(CC(O)C(F)(F)F)c2=O)nc1C(=O)OC. The number of benzene rings is 2. The molecule has 4 aromatic rings. The van der Waals surface area contributed by atoms with E-state index < -0.39 is 30.5 Å². The van der Waals surface area contributed by atoms with Crippen LogP contribution in [0.15, 0.2) is 47.3 Å². The van der Waals surface area contributed by atoms with Gasteiger partial charge >= 0.3 is 17.8 Å². The van der Waals surface area contributed by atoms with Crippen molar-refractivity contribution in [1.82, 2.24) is 29.1 Å². The average molecular weight is 565 g/mol. The van der Waals surface area contributed by atoms with Gasteiger partial charge in [0.15, 0.2) is 17.8 Å². The summed E-state index contributed by atoms with van der Waals surface area (Å²) in [6, 6.07) is 11.5. The number of nitrogens with zero attached hydrogens (tertiary/aromatic N) is 6. The van der Waals surface area contributed by atoms with Crippen LogP contribution in [-0.4, -0.2) is 59.6 Å². The van der Waals surface area contributed by atoms with Gasteiger partial charge in [-0.3, -0.25) is 4.57 Å². The zero-order valence-electron chi connectivity index (χ0n) is 21.1. The van der Waals surface area contributed by atoms with Crippen LogP contribution in [0.2, 0.25) is 5.02 Å². The van der Waals surface area contributed by atoms with Gasteiger partial charge in [0.05, 0.1) is 19.3 Å². The largest absolute Gasteiger partial charge is 0.463 e. The Bertz CT molecular complexity index is 1560. The quantitative estimate of drug-likeness (QED) is 0.325. The summed E-state index contributed by atoms with van der Waals surface area (Å²) in [5.41, 5.74) is 1.66. The lowest BCUT2D eigenvalue weighted by Gasteiger charge is -2.15. The third-order valence-electron chi connectivity index (χ3n) is 5.98. The molecule has 206 valence electrons. The number of hydrogen-bond acceptors (Lipinski definition) is 7. The third-order valence-corrected chi connectivity index (χ3v) is 6.23. The lowest BCUT2D eigenvalue weighted by atomic mass is 10.1. The summed E-state index contributed by atoms with van der Waals surface area (Å²) in [4.78, 5) is 30.0. The van der Waals surface area contributed by atoms with E-state index in [1.807, 2.05) is 32.0 Å². The van der Waals surface area contributed by atoms with Crippen LogP contribution in [0.5, 0.6) is 0 Å². The number of aromatic nitrogens is 6. The van der Waals surface area contributed by atoms with Crippen molar-refractivity contribution in [1.29, 1.82) is 0 Å². The number of aryl methyl sites for hydroxylation is 2. The second-order valence-corrected chi connectivity index (χ2v) is 9.07. The van der Waals surface area contributed by atoms with Crippen molar-refractivity contribution < 1.29 is 27.8 Å². The number of rotatable bonds is 8. The summed E-state index contributed by atoms with van der Waals surface area (Å²) in [7, 11) is 1.19. The van der Waals surface area contributed by atoms with Crippen LogP contribution < -0.4 is 5.69 Å². The molecule has 2 aromatic heterocycles. The number of hydrogen-bond donors (Lipinski definition) is 1. The van der Waals surface area contributed by atoms with E-state index in [0.717, 1.165) is 20.4 Å². The summed E-state index contributed by atoms with van der Waals surface area (Å²) < 4.78 is 47.2. The van der Waals surface area contributed by atoms with Gasteiger partial charge < -0.3 is 9.84 Å². The molecule has 0 aliphatic carbocycles. The van der Waals surface area contributed by atoms with Gasteiger partial charge in [-0.1, -0.05) is 36.7 Å². The molecule has 14 heteroatoms. The smallest absolute Gasteiger partial charge is 0.416 e. The molecule has 1 atom stereocenters. The molecule has 0 saturated carbocycles. The molecule has 1 N–H and O–H groups in total. The summed E-state index contributed by atoms with van der Waals surface area (Å²) in [6.07, 6.45) is -7.14. The van der Waals surface area contributed by atoms with Gasteiger partial charge in [0.25, 0.3) is 0 Å². The third kappa shape index (κ3) is 5.73. The number of methoxy groups -OCH3 is 1. The molecule has 0 aliphatic heterocycles. The van der Waals surface area contributed by atoms with Crippen LogP contribution in [0.3, 0.4) is 0 Å². The van der Waals surface area contributed by atoms with Crippen molar-refractivity contribution >= 4 is 17.6 Å². The van der Waals surface area contributed by atoms with E-state index in [-0.39, 0.29) is 24.0 Å². The Hall–Kier alpha value is -3.97. The lowest BCUT2D eigenvalue weighted by molar-refractivity contribution is -0.207. The molecule has 0 saturated heterocycles. The van der Waals surface area contributed by atoms with Gasteiger partial charge in [-0.25, -0.2) is 23.9 Å². The highest BCUT2D eigenvalue weighted by Gasteiger charge is 2.39. The highest BCUT2D eigenvalue weighted by atomic mass is 35.5. The van der Waals surface area contributed by atoms with Crippen molar-refractivity contribution in [2.45, 2.75) is 45.6 Å². The minimum atomic E-state index is -4.96. The number of alkyl halides is 3. The fourth-order valence-corrected chi connectivity index (χ4v) is 4.17. The zero-order valence-corrected chi connectivity index (χ0v) is 21.9. The number of halogens is 4. The van der Waals surface area contributed by atoms with Crippen LogP contribution >= 0.6 is 11.6 Å². The Morgan fingerprint density at radius 1 is 1.15 bits per heavy atom. The summed E-state index contributed by atoms with van der Waals surface area (Å²) in [5, 5.41) is 18.7. The number of esters is 1. The van der Waals surface area contributed by atoms with E-state index in [1.165, 1.54) is 36.1 Å². The Kier molecular flexibility index (Phi) is 7.93. The maximum absolute atomic E-state index is 13.2. The van der Waals surface area contributed by atoms with Crippen molar-refractivity contribution in [3.63, 3.8) is 0 Å². The highest BCUT2D eigenvalue weighted by molar-refractivity contribution is 6.30. The first-order valence-corrected chi connectivity index (χ1v) is 12.1. The fourth-order valence-electron chi connectivity index (χ4n) is 4.04. The molecule has 2 heterocycles. The summed E-state index contributed by atoms with van der Waals surface area (Å²) in [6.45, 7) is 2.32. The summed E-state index contributed by atoms with van der Waals surface area (Å²) >= 11 is 5.93. The van der Waals surface area contributed by atoms with Crippen LogP contribution in [0.1, 0.15) is 34.5 Å². The second-order valence-electron chi connectivity index (χ2n) is 8.63. The molecule has 0 amide bonds. The number of ether oxygens (including phenoxy) is 1. The Morgan fingerprint density at radius 3 is 2.46 bits per heavy atom. The molecule has 4 rings (SSSR count). The molecule has 0 spiro atoms. The maximum atomic E-state index is 13.2. The summed E-state index contributed by atoms with van der Waals surface area (Å²) in [5.74, 6) is -1.05. The Labute approximate surface area is 225 Å². The van der Waals surface area contributed by atoms with E-state index in [9.17, 15) is 27.9 Å². The van der Waals surface area contributed by atoms with Crippen LogP contribution in [0, 0.1) is 6.92 Å². The molecule has 0 fully saturated rings. The number of aliphatic hydroxyl groups excluding tert-OH is 1. The van der Waals surface area contributed by atoms with Gasteiger partial charge in [0, 0.05) is 10.6 Å². The monoisotopic (exact) mass is 564 g/mol. The molecular formula is C25H24ClF3N6O4. The second kappa shape index (κ2) is 11.0. The fraction of sp³-hybridized carbons (Fsp3) is 0.320. The topological polar surface area (TPSA) is 117 Å². The molecule has 1 unspecified atom stereocenters. The zero-order chi connectivity index (χ0) is 28.5. The number of para-hydroxylation sites is 1. The van der Waals surface area contributed by atoms with E-state index in [1.54, 1.807) is 0 Å². The predicted molar refractivity (Wildman–Crippen MR) is 135 cm³/mol. The molecule has 2 aromatic carbocycles. The lowest BCUT2D eigenvalue weighted by Crippen LogP contribution is -2.37. The first-order chi connectivity index (χ1) is 18.4. The van der Waals surface area contributed by atoms with E-state index in [4.69, 9.17) is 16.3 Å². The van der Waals surface area contributed by atoms with Crippen molar-refractivity contribution in [3.8, 4) is 17.1 Å². The first-order valence-electron chi connectivity index (χ1n) is 11.8. The standard InChI is InChI=1S/C25H24ClF3N6O4/c1-4-15-7-5-6-14(2)20(15)35-22(23(37)39-3)30-19(31-35)13-34-24(38)33(12-18(36)25(27,28)29)21(32-34)16-8-10-17(26)11-9-16/h5-11,18,36H,4,12-13H2,1-3H3. The molecule has 0 radical (unpaired) electrons. The maximum Gasteiger partial charge on any atom is 0.416 e. The average Bonchev–Trinajstić information content (AvgIpc) is 3.44. The van der Waals surface area contributed by atoms with Gasteiger partial charge in [-0.2, -0.15) is 13.2 Å². The van der Waals surface area contributed by atoms with Gasteiger partial charge in [0.1, 0.15) is 6.54 Å². The molecular weight excluding hydrogens is 541 g/mol. The van der Waals surface area contributed by atoms with Crippen LogP contribution in [0.4, 0.5) is 13.2 Å². The highest BCUT2D eigenvalue weighted by Crippen LogP contribution is 2.25. The van der Waals surface area contributed by atoms with Gasteiger partial charge in [-0.15, -0.1) is 10.2 Å². The normalized spacial score (nSPS) is 12.5. The van der Waals surface area contributed by atoms with Gasteiger partial charge in [0.2, 0.25) is 5.82 Å². The Balaban J connectivity index is 1.82. The van der Waals surface area contributed by atoms with Crippen LogP contribution in [0.25, 0.3) is 17.1 Å². The first kappa shape index (κ1) is 28.0. The number of carbonyl (C=O) groups is 1. The van der Waals surface area contributed by atoms with E-state index in [0.29, 0.717) is 22.7 Å². The Morgan fingerprint density at radius 2 is 1.85 bits per heavy atom. The van der Waals surface area contributed by atoms with Crippen molar-refractivity contribution in [2.75, 3.05) is 7.11 Å². The van der Waals surface area contributed by atoms with E-state index >= 15 is 0 Å². The number of carbonyl (C=O) groups excluding carboxylic acids is 1. The molecule has 39 heavy (non-hydrogen) atoms.